The monoisotopic (exact) mass is 442 g/mol. The Morgan fingerprint density at radius 2 is 1.84 bits per heavy atom. The largest absolute Gasteiger partial charge is 0.303 e. The summed E-state index contributed by atoms with van der Waals surface area (Å²) in [5.41, 5.74) is 2.73. The van der Waals surface area contributed by atoms with Gasteiger partial charge in [0.05, 0.1) is 5.75 Å². The van der Waals surface area contributed by atoms with E-state index >= 15 is 0 Å². The van der Waals surface area contributed by atoms with Crippen LogP contribution in [0, 0.1) is 5.92 Å². The highest BCUT2D eigenvalue weighted by Gasteiger charge is 2.37. The maximum atomic E-state index is 12.7. The lowest BCUT2D eigenvalue weighted by Gasteiger charge is -2.45. The van der Waals surface area contributed by atoms with E-state index in [1.54, 1.807) is 0 Å². The molecule has 2 unspecified atom stereocenters. The van der Waals surface area contributed by atoms with E-state index in [4.69, 9.17) is 0 Å². The lowest BCUT2D eigenvalue weighted by atomic mass is 9.68. The number of likely N-dealkylation sites (tertiary alicyclic amines) is 1. The van der Waals surface area contributed by atoms with Gasteiger partial charge in [-0.25, -0.2) is 8.42 Å². The molecule has 1 heterocycles. The summed E-state index contributed by atoms with van der Waals surface area (Å²) in [5.74, 6) is 0.502. The predicted octanol–water partition coefficient (Wildman–Crippen LogP) is 5.81. The Hall–Kier alpha value is -1.85. The van der Waals surface area contributed by atoms with E-state index in [9.17, 15) is 8.42 Å². The van der Waals surface area contributed by atoms with Crippen LogP contribution in [0.2, 0.25) is 0 Å². The van der Waals surface area contributed by atoms with Gasteiger partial charge in [0, 0.05) is 12.2 Å². The Balaban J connectivity index is 1.65. The van der Waals surface area contributed by atoms with Gasteiger partial charge in [0.2, 0.25) is 10.0 Å². The van der Waals surface area contributed by atoms with Crippen LogP contribution in [-0.2, 0) is 21.2 Å². The van der Waals surface area contributed by atoms with Gasteiger partial charge in [0.1, 0.15) is 0 Å². The van der Waals surface area contributed by atoms with E-state index < -0.39 is 10.0 Å². The van der Waals surface area contributed by atoms with Gasteiger partial charge in [-0.15, -0.1) is 0 Å². The Morgan fingerprint density at radius 3 is 2.55 bits per heavy atom. The van der Waals surface area contributed by atoms with Gasteiger partial charge in [-0.05, 0) is 60.5 Å². The number of benzene rings is 2. The molecule has 1 saturated heterocycles. The standard InChI is InChI=1S/C26H38N2O2S/c1-4-5-6-10-17-28-18-16-26(3,22(2)20-28)24-14-11-15-25(19-24)27-31(29,30)21-23-12-8-7-9-13-23/h7-9,11-15,19,22,27H,4-6,10,16-18,20-21H2,1-3H3. The van der Waals surface area contributed by atoms with Gasteiger partial charge in [-0.2, -0.15) is 0 Å². The molecule has 0 aromatic heterocycles. The third-order valence-corrected chi connectivity index (χ3v) is 8.15. The summed E-state index contributed by atoms with van der Waals surface area (Å²) in [5, 5.41) is 0. The number of anilines is 1. The van der Waals surface area contributed by atoms with Gasteiger partial charge in [0.25, 0.3) is 0 Å². The zero-order chi connectivity index (χ0) is 22.3. The lowest BCUT2D eigenvalue weighted by molar-refractivity contribution is 0.109. The van der Waals surface area contributed by atoms with Gasteiger partial charge < -0.3 is 4.90 Å². The molecule has 2 aromatic rings. The number of rotatable bonds is 10. The molecule has 5 heteroatoms. The third-order valence-electron chi connectivity index (χ3n) is 6.89. The molecule has 0 radical (unpaired) electrons. The number of nitrogens with one attached hydrogen (secondary N) is 1. The van der Waals surface area contributed by atoms with Crippen LogP contribution in [0.15, 0.2) is 54.6 Å². The first-order valence-electron chi connectivity index (χ1n) is 11.7. The highest BCUT2D eigenvalue weighted by atomic mass is 32.2. The molecule has 1 aliphatic rings. The second kappa shape index (κ2) is 10.6. The topological polar surface area (TPSA) is 49.4 Å². The van der Waals surface area contributed by atoms with Crippen LogP contribution >= 0.6 is 0 Å². The van der Waals surface area contributed by atoms with Crippen molar-refractivity contribution in [1.29, 1.82) is 0 Å². The van der Waals surface area contributed by atoms with Crippen LogP contribution < -0.4 is 4.72 Å². The van der Waals surface area contributed by atoms with E-state index in [2.05, 4.69) is 36.5 Å². The first-order chi connectivity index (χ1) is 14.8. The maximum Gasteiger partial charge on any atom is 0.236 e. The van der Waals surface area contributed by atoms with Crippen molar-refractivity contribution in [2.75, 3.05) is 24.4 Å². The number of unbranched alkanes of at least 4 members (excludes halogenated alkanes) is 3. The summed E-state index contributed by atoms with van der Waals surface area (Å²) >= 11 is 0. The van der Waals surface area contributed by atoms with Gasteiger partial charge in [-0.3, -0.25) is 4.72 Å². The molecule has 1 N–H and O–H groups in total. The maximum absolute atomic E-state index is 12.7. The fourth-order valence-corrected chi connectivity index (χ4v) is 5.85. The number of hydrogen-bond acceptors (Lipinski definition) is 3. The molecule has 2 atom stereocenters. The fourth-order valence-electron chi connectivity index (χ4n) is 4.66. The van der Waals surface area contributed by atoms with Crippen molar-refractivity contribution in [3.63, 3.8) is 0 Å². The van der Waals surface area contributed by atoms with Gasteiger partial charge in [-0.1, -0.05) is 82.5 Å². The Kier molecular flexibility index (Phi) is 8.17. The van der Waals surface area contributed by atoms with E-state index in [0.29, 0.717) is 11.6 Å². The van der Waals surface area contributed by atoms with Crippen molar-refractivity contribution < 1.29 is 8.42 Å². The SMILES string of the molecule is CCCCCCN1CCC(C)(c2cccc(NS(=O)(=O)Cc3ccccc3)c2)C(C)C1. The van der Waals surface area contributed by atoms with Crippen LogP contribution in [0.1, 0.15) is 64.0 Å². The summed E-state index contributed by atoms with van der Waals surface area (Å²) in [4.78, 5) is 2.61. The summed E-state index contributed by atoms with van der Waals surface area (Å²) < 4.78 is 28.1. The molecule has 0 spiro atoms. The first kappa shape index (κ1) is 23.8. The summed E-state index contributed by atoms with van der Waals surface area (Å²) in [6.45, 7) is 10.3. The molecular formula is C26H38N2O2S. The molecule has 0 bridgehead atoms. The molecule has 0 saturated carbocycles. The highest BCUT2D eigenvalue weighted by Crippen LogP contribution is 2.40. The number of nitrogens with zero attached hydrogens (tertiary/aromatic N) is 1. The van der Waals surface area contributed by atoms with Crippen LogP contribution in [-0.4, -0.2) is 33.0 Å². The average molecular weight is 443 g/mol. The van der Waals surface area contributed by atoms with Crippen molar-refractivity contribution in [1.82, 2.24) is 4.90 Å². The Morgan fingerprint density at radius 1 is 1.06 bits per heavy atom. The predicted molar refractivity (Wildman–Crippen MR) is 131 cm³/mol. The molecule has 31 heavy (non-hydrogen) atoms. The zero-order valence-corrected chi connectivity index (χ0v) is 20.1. The van der Waals surface area contributed by atoms with Crippen LogP contribution in [0.3, 0.4) is 0 Å². The van der Waals surface area contributed by atoms with E-state index in [0.717, 1.165) is 25.1 Å². The number of piperidine rings is 1. The molecule has 3 rings (SSSR count). The van der Waals surface area contributed by atoms with Crippen LogP contribution in [0.4, 0.5) is 5.69 Å². The van der Waals surface area contributed by atoms with Crippen LogP contribution in [0.25, 0.3) is 0 Å². The fraction of sp³-hybridized carbons (Fsp3) is 0.538. The van der Waals surface area contributed by atoms with E-state index in [-0.39, 0.29) is 11.2 Å². The van der Waals surface area contributed by atoms with Crippen molar-refractivity contribution in [3.05, 3.63) is 65.7 Å². The van der Waals surface area contributed by atoms with E-state index in [1.807, 2.05) is 48.5 Å². The molecule has 0 aliphatic carbocycles. The number of hydrogen-bond donors (Lipinski definition) is 1. The molecule has 1 fully saturated rings. The van der Waals surface area contributed by atoms with E-state index in [1.165, 1.54) is 37.8 Å². The smallest absolute Gasteiger partial charge is 0.236 e. The summed E-state index contributed by atoms with van der Waals surface area (Å²) in [7, 11) is -3.45. The van der Waals surface area contributed by atoms with Gasteiger partial charge in [0.15, 0.2) is 0 Å². The lowest BCUT2D eigenvalue weighted by Crippen LogP contribution is -2.47. The zero-order valence-electron chi connectivity index (χ0n) is 19.3. The highest BCUT2D eigenvalue weighted by molar-refractivity contribution is 7.91. The Bertz CT molecular complexity index is 929. The molecule has 1 aliphatic heterocycles. The second-order valence-electron chi connectivity index (χ2n) is 9.36. The minimum absolute atomic E-state index is 0.0151. The van der Waals surface area contributed by atoms with Crippen molar-refractivity contribution in [2.45, 2.75) is 64.0 Å². The average Bonchev–Trinajstić information content (AvgIpc) is 2.74. The van der Waals surface area contributed by atoms with Crippen molar-refractivity contribution >= 4 is 15.7 Å². The second-order valence-corrected chi connectivity index (χ2v) is 11.1. The summed E-state index contributed by atoms with van der Waals surface area (Å²) in [6.07, 6.45) is 6.32. The van der Waals surface area contributed by atoms with Crippen molar-refractivity contribution in [2.24, 2.45) is 5.92 Å². The first-order valence-corrected chi connectivity index (χ1v) is 13.3. The minimum Gasteiger partial charge on any atom is -0.303 e. The van der Waals surface area contributed by atoms with Crippen LogP contribution in [0.5, 0.6) is 0 Å². The third kappa shape index (κ3) is 6.56. The molecule has 2 aromatic carbocycles. The quantitative estimate of drug-likeness (QED) is 0.473. The normalized spacial score (nSPS) is 22.4. The minimum atomic E-state index is -3.45. The molecular weight excluding hydrogens is 404 g/mol. The molecule has 0 amide bonds. The van der Waals surface area contributed by atoms with Gasteiger partial charge >= 0.3 is 0 Å². The Labute approximate surface area is 189 Å². The molecule has 4 nitrogen and oxygen atoms in total. The van der Waals surface area contributed by atoms with Crippen molar-refractivity contribution in [3.8, 4) is 0 Å². The molecule has 170 valence electrons. The summed E-state index contributed by atoms with van der Waals surface area (Å²) in [6, 6.07) is 17.3. The number of sulfonamides is 1.